The van der Waals surface area contributed by atoms with Crippen LogP contribution in [-0.2, 0) is 11.3 Å². The van der Waals surface area contributed by atoms with Gasteiger partial charge < -0.3 is 10.6 Å². The van der Waals surface area contributed by atoms with E-state index in [0.717, 1.165) is 27.5 Å². The van der Waals surface area contributed by atoms with Crippen LogP contribution in [0.1, 0.15) is 18.1 Å². The molecule has 2 aromatic rings. The Morgan fingerprint density at radius 3 is 2.60 bits per heavy atom. The van der Waals surface area contributed by atoms with Crippen LogP contribution in [0.15, 0.2) is 42.5 Å². The molecule has 3 nitrogen and oxygen atoms in total. The number of hydrogen-bond donors (Lipinski definition) is 2. The van der Waals surface area contributed by atoms with E-state index in [0.29, 0.717) is 6.54 Å². The van der Waals surface area contributed by atoms with Crippen LogP contribution in [0.3, 0.4) is 0 Å². The molecule has 4 heteroatoms. The first-order valence-electron chi connectivity index (χ1n) is 6.41. The van der Waals surface area contributed by atoms with Crippen molar-refractivity contribution in [2.75, 3.05) is 10.6 Å². The van der Waals surface area contributed by atoms with Crippen LogP contribution in [0.25, 0.3) is 0 Å². The topological polar surface area (TPSA) is 41.1 Å². The molecule has 0 fully saturated rings. The van der Waals surface area contributed by atoms with E-state index in [9.17, 15) is 4.79 Å². The summed E-state index contributed by atoms with van der Waals surface area (Å²) in [5.74, 6) is -0.0799. The summed E-state index contributed by atoms with van der Waals surface area (Å²) in [6.45, 7) is 4.15. The van der Waals surface area contributed by atoms with E-state index in [-0.39, 0.29) is 5.91 Å². The summed E-state index contributed by atoms with van der Waals surface area (Å²) < 4.78 is 0. The van der Waals surface area contributed by atoms with Crippen molar-refractivity contribution in [3.05, 3.63) is 58.6 Å². The van der Waals surface area contributed by atoms with Crippen molar-refractivity contribution < 1.29 is 4.79 Å². The number of aryl methyl sites for hydroxylation is 1. The van der Waals surface area contributed by atoms with Crippen molar-refractivity contribution in [2.45, 2.75) is 20.4 Å². The van der Waals surface area contributed by atoms with E-state index in [1.54, 1.807) is 0 Å². The Morgan fingerprint density at radius 2 is 1.90 bits per heavy atom. The van der Waals surface area contributed by atoms with Crippen LogP contribution in [-0.4, -0.2) is 5.91 Å². The molecule has 0 aliphatic rings. The second-order valence-corrected chi connectivity index (χ2v) is 5.12. The van der Waals surface area contributed by atoms with Gasteiger partial charge in [-0.15, -0.1) is 0 Å². The fourth-order valence-electron chi connectivity index (χ4n) is 1.90. The molecule has 0 atom stereocenters. The average molecular weight is 289 g/mol. The summed E-state index contributed by atoms with van der Waals surface area (Å²) in [4.78, 5) is 11.0. The zero-order valence-electron chi connectivity index (χ0n) is 11.5. The lowest BCUT2D eigenvalue weighted by Crippen LogP contribution is -2.06. The van der Waals surface area contributed by atoms with E-state index < -0.39 is 0 Å². The molecule has 2 rings (SSSR count). The van der Waals surface area contributed by atoms with Gasteiger partial charge in [0, 0.05) is 29.9 Å². The highest BCUT2D eigenvalue weighted by molar-refractivity contribution is 6.31. The lowest BCUT2D eigenvalue weighted by molar-refractivity contribution is -0.114. The number of carbonyl (C=O) groups excluding carboxylic acids is 1. The number of carbonyl (C=O) groups is 1. The van der Waals surface area contributed by atoms with Crippen LogP contribution in [0.2, 0.25) is 5.02 Å². The molecule has 1 amide bonds. The third-order valence-corrected chi connectivity index (χ3v) is 3.23. The summed E-state index contributed by atoms with van der Waals surface area (Å²) in [5.41, 5.74) is 3.90. The largest absolute Gasteiger partial charge is 0.381 e. The normalized spacial score (nSPS) is 10.2. The summed E-state index contributed by atoms with van der Waals surface area (Å²) in [7, 11) is 0. The minimum Gasteiger partial charge on any atom is -0.381 e. The highest BCUT2D eigenvalue weighted by Gasteiger charge is 2.01. The van der Waals surface area contributed by atoms with Crippen molar-refractivity contribution in [1.82, 2.24) is 0 Å². The summed E-state index contributed by atoms with van der Waals surface area (Å²) in [6, 6.07) is 13.6. The number of anilines is 2. The Hall–Kier alpha value is -2.00. The number of amides is 1. The molecule has 0 unspecified atom stereocenters. The van der Waals surface area contributed by atoms with Gasteiger partial charge in [-0.05, 0) is 42.3 Å². The molecular formula is C16H17ClN2O. The smallest absolute Gasteiger partial charge is 0.221 e. The van der Waals surface area contributed by atoms with Gasteiger partial charge in [0.15, 0.2) is 0 Å². The quantitative estimate of drug-likeness (QED) is 0.884. The molecule has 0 spiro atoms. The monoisotopic (exact) mass is 288 g/mol. The minimum atomic E-state index is -0.0799. The molecule has 0 aliphatic carbocycles. The first-order chi connectivity index (χ1) is 9.54. The molecule has 0 saturated heterocycles. The van der Waals surface area contributed by atoms with Crippen molar-refractivity contribution >= 4 is 28.9 Å². The molecule has 104 valence electrons. The molecule has 0 bridgehead atoms. The van der Waals surface area contributed by atoms with E-state index in [2.05, 4.69) is 10.6 Å². The van der Waals surface area contributed by atoms with E-state index in [4.69, 9.17) is 11.6 Å². The third kappa shape index (κ3) is 4.00. The Kier molecular flexibility index (Phi) is 4.64. The van der Waals surface area contributed by atoms with Gasteiger partial charge in [0.25, 0.3) is 0 Å². The van der Waals surface area contributed by atoms with Crippen LogP contribution in [0.4, 0.5) is 11.4 Å². The Labute approximate surface area is 124 Å². The molecular weight excluding hydrogens is 272 g/mol. The maximum atomic E-state index is 11.0. The predicted molar refractivity (Wildman–Crippen MR) is 84.3 cm³/mol. The fraction of sp³-hybridized carbons (Fsp3) is 0.188. The average Bonchev–Trinajstić information content (AvgIpc) is 2.37. The third-order valence-electron chi connectivity index (χ3n) is 2.87. The number of rotatable bonds is 4. The second kappa shape index (κ2) is 6.44. The van der Waals surface area contributed by atoms with Crippen molar-refractivity contribution in [3.8, 4) is 0 Å². The Balaban J connectivity index is 2.05. The SMILES string of the molecule is CC(=O)Nc1cccc(NCc2ccc(C)cc2Cl)c1. The maximum Gasteiger partial charge on any atom is 0.221 e. The molecule has 0 saturated carbocycles. The van der Waals surface area contributed by atoms with Crippen LogP contribution >= 0.6 is 11.6 Å². The highest BCUT2D eigenvalue weighted by atomic mass is 35.5. The summed E-state index contributed by atoms with van der Waals surface area (Å²) in [5, 5.41) is 6.82. The second-order valence-electron chi connectivity index (χ2n) is 4.71. The van der Waals surface area contributed by atoms with Crippen molar-refractivity contribution in [1.29, 1.82) is 0 Å². The fourth-order valence-corrected chi connectivity index (χ4v) is 2.21. The van der Waals surface area contributed by atoms with E-state index >= 15 is 0 Å². The van der Waals surface area contributed by atoms with Crippen LogP contribution in [0, 0.1) is 6.92 Å². The predicted octanol–water partition coefficient (Wildman–Crippen LogP) is 4.22. The van der Waals surface area contributed by atoms with Crippen LogP contribution < -0.4 is 10.6 Å². The molecule has 2 N–H and O–H groups in total. The molecule has 0 aromatic heterocycles. The minimum absolute atomic E-state index is 0.0799. The van der Waals surface area contributed by atoms with Gasteiger partial charge in [-0.1, -0.05) is 29.8 Å². The van der Waals surface area contributed by atoms with Gasteiger partial charge >= 0.3 is 0 Å². The lowest BCUT2D eigenvalue weighted by atomic mass is 10.1. The molecule has 20 heavy (non-hydrogen) atoms. The molecule has 0 radical (unpaired) electrons. The van der Waals surface area contributed by atoms with Gasteiger partial charge in [-0.3, -0.25) is 4.79 Å². The Bertz CT molecular complexity index is 626. The van der Waals surface area contributed by atoms with E-state index in [1.807, 2.05) is 49.4 Å². The van der Waals surface area contributed by atoms with E-state index in [1.165, 1.54) is 6.92 Å². The first kappa shape index (κ1) is 14.4. The molecule has 0 heterocycles. The number of nitrogens with one attached hydrogen (secondary N) is 2. The Morgan fingerprint density at radius 1 is 1.15 bits per heavy atom. The first-order valence-corrected chi connectivity index (χ1v) is 6.79. The highest BCUT2D eigenvalue weighted by Crippen LogP contribution is 2.20. The van der Waals surface area contributed by atoms with Gasteiger partial charge in [-0.25, -0.2) is 0 Å². The summed E-state index contributed by atoms with van der Waals surface area (Å²) in [6.07, 6.45) is 0. The van der Waals surface area contributed by atoms with Crippen LogP contribution in [0.5, 0.6) is 0 Å². The zero-order chi connectivity index (χ0) is 14.5. The van der Waals surface area contributed by atoms with Crippen molar-refractivity contribution in [2.24, 2.45) is 0 Å². The summed E-state index contributed by atoms with van der Waals surface area (Å²) >= 11 is 6.20. The lowest BCUT2D eigenvalue weighted by Gasteiger charge is -2.10. The van der Waals surface area contributed by atoms with Gasteiger partial charge in [0.1, 0.15) is 0 Å². The number of hydrogen-bond acceptors (Lipinski definition) is 2. The maximum absolute atomic E-state index is 11.0. The van der Waals surface area contributed by atoms with Gasteiger partial charge in [0.2, 0.25) is 5.91 Å². The zero-order valence-corrected chi connectivity index (χ0v) is 12.3. The number of halogens is 1. The van der Waals surface area contributed by atoms with Crippen molar-refractivity contribution in [3.63, 3.8) is 0 Å². The molecule has 2 aromatic carbocycles. The number of benzene rings is 2. The molecule has 0 aliphatic heterocycles. The van der Waals surface area contributed by atoms with Gasteiger partial charge in [0.05, 0.1) is 0 Å². The van der Waals surface area contributed by atoms with Gasteiger partial charge in [-0.2, -0.15) is 0 Å². The standard InChI is InChI=1S/C16H17ClN2O/c1-11-6-7-13(16(17)8-11)10-18-14-4-3-5-15(9-14)19-12(2)20/h3-9,18H,10H2,1-2H3,(H,19,20).